The van der Waals surface area contributed by atoms with Crippen LogP contribution in [0.5, 0.6) is 5.75 Å². The monoisotopic (exact) mass is 503 g/mol. The zero-order chi connectivity index (χ0) is 25.1. The molecule has 0 unspecified atom stereocenters. The first-order valence-electron chi connectivity index (χ1n) is 11.7. The van der Waals surface area contributed by atoms with E-state index in [0.717, 1.165) is 57.5 Å². The number of allylic oxidation sites excluding steroid dienone is 1. The van der Waals surface area contributed by atoms with Crippen molar-refractivity contribution in [1.29, 1.82) is 0 Å². The van der Waals surface area contributed by atoms with Gasteiger partial charge < -0.3 is 25.4 Å². The molecule has 0 aliphatic carbocycles. The fourth-order valence-corrected chi connectivity index (χ4v) is 5.22. The molecule has 10 heteroatoms. The molecular formula is C26H29N7O2S. The maximum absolute atomic E-state index is 6.68. The van der Waals surface area contributed by atoms with Crippen LogP contribution in [0.15, 0.2) is 53.4 Å². The zero-order valence-electron chi connectivity index (χ0n) is 20.5. The van der Waals surface area contributed by atoms with Crippen LogP contribution in [0.25, 0.3) is 26.7 Å². The lowest BCUT2D eigenvalue weighted by Gasteiger charge is -2.36. The first kappa shape index (κ1) is 24.1. The Hall–Kier alpha value is -3.60. The fourth-order valence-electron chi connectivity index (χ4n) is 4.50. The molecule has 3 N–H and O–H groups in total. The Balaban J connectivity index is 1.61. The summed E-state index contributed by atoms with van der Waals surface area (Å²) in [5, 5.41) is 4.26. The number of thiazole rings is 1. The highest BCUT2D eigenvalue weighted by atomic mass is 32.1. The number of aliphatic imine (C=N–C) groups is 1. The molecular weight excluding hydrogens is 474 g/mol. The van der Waals surface area contributed by atoms with Gasteiger partial charge in [-0.25, -0.2) is 15.0 Å². The summed E-state index contributed by atoms with van der Waals surface area (Å²) in [6, 6.07) is 10.0. The molecule has 1 aliphatic rings. The van der Waals surface area contributed by atoms with Crippen LogP contribution < -0.4 is 15.8 Å². The predicted molar refractivity (Wildman–Crippen MR) is 146 cm³/mol. The van der Waals surface area contributed by atoms with Gasteiger partial charge >= 0.3 is 0 Å². The number of aromatic nitrogens is 3. The molecule has 9 nitrogen and oxygen atoms in total. The second-order valence-corrected chi connectivity index (χ2v) is 9.63. The van der Waals surface area contributed by atoms with E-state index in [1.807, 2.05) is 29.8 Å². The molecule has 0 radical (unpaired) electrons. The second-order valence-electron chi connectivity index (χ2n) is 8.74. The van der Waals surface area contributed by atoms with Crippen molar-refractivity contribution < 1.29 is 9.47 Å². The number of nitrogens with one attached hydrogen (secondary N) is 1. The second kappa shape index (κ2) is 10.6. The average Bonchev–Trinajstić information content (AvgIpc) is 3.36. The van der Waals surface area contributed by atoms with Crippen molar-refractivity contribution in [3.8, 4) is 5.75 Å². The van der Waals surface area contributed by atoms with E-state index < -0.39 is 0 Å². The van der Waals surface area contributed by atoms with Gasteiger partial charge in [-0.1, -0.05) is 0 Å². The molecule has 0 bridgehead atoms. The average molecular weight is 504 g/mol. The highest BCUT2D eigenvalue weighted by Gasteiger charge is 2.30. The molecule has 3 heterocycles. The van der Waals surface area contributed by atoms with Crippen molar-refractivity contribution >= 4 is 55.7 Å². The van der Waals surface area contributed by atoms with Gasteiger partial charge in [0, 0.05) is 50.9 Å². The molecule has 0 spiro atoms. The largest absolute Gasteiger partial charge is 0.487 e. The van der Waals surface area contributed by atoms with E-state index in [9.17, 15) is 0 Å². The van der Waals surface area contributed by atoms with Crippen LogP contribution in [0.2, 0.25) is 0 Å². The van der Waals surface area contributed by atoms with E-state index >= 15 is 0 Å². The fraction of sp³-hybridized carbons (Fsp3) is 0.308. The predicted octanol–water partition coefficient (Wildman–Crippen LogP) is 4.08. The number of fused-ring (bicyclic) bond motifs is 2. The number of piperidine rings is 1. The maximum Gasteiger partial charge on any atom is 0.145 e. The Morgan fingerprint density at radius 3 is 2.89 bits per heavy atom. The first-order chi connectivity index (χ1) is 17.6. The molecule has 0 saturated carbocycles. The number of methoxy groups -OCH3 is 1. The molecule has 1 saturated heterocycles. The SMILES string of the molecule is CN=CC(=CN)c1cc(O[C@@H]2CCN(C)C[C@H]2OC)c2c(Nc3ccc4ncsc4c3)ncnc2c1. The molecule has 186 valence electrons. The molecule has 4 aromatic rings. The van der Waals surface area contributed by atoms with Crippen LogP contribution in [-0.4, -0.2) is 72.6 Å². The lowest BCUT2D eigenvalue weighted by atomic mass is 10.0. The van der Waals surface area contributed by atoms with Crippen LogP contribution >= 0.6 is 11.3 Å². The van der Waals surface area contributed by atoms with Gasteiger partial charge in [0.15, 0.2) is 0 Å². The number of rotatable bonds is 7. The van der Waals surface area contributed by atoms with Crippen molar-refractivity contribution in [2.24, 2.45) is 10.7 Å². The summed E-state index contributed by atoms with van der Waals surface area (Å²) in [5.74, 6) is 1.33. The highest BCUT2D eigenvalue weighted by Crippen LogP contribution is 2.36. The zero-order valence-corrected chi connectivity index (χ0v) is 21.3. The number of anilines is 2. The number of nitrogens with two attached hydrogens (primary N) is 1. The van der Waals surface area contributed by atoms with Gasteiger partial charge in [0.05, 0.1) is 26.6 Å². The third kappa shape index (κ3) is 4.88. The number of benzene rings is 2. The van der Waals surface area contributed by atoms with E-state index in [2.05, 4.69) is 43.3 Å². The topological polar surface area (TPSA) is 111 Å². The van der Waals surface area contributed by atoms with Gasteiger partial charge in [0.2, 0.25) is 0 Å². The minimum Gasteiger partial charge on any atom is -0.487 e. The third-order valence-corrected chi connectivity index (χ3v) is 7.15. The van der Waals surface area contributed by atoms with Gasteiger partial charge in [-0.05, 0) is 49.4 Å². The highest BCUT2D eigenvalue weighted by molar-refractivity contribution is 7.16. The maximum atomic E-state index is 6.68. The Kier molecular flexibility index (Phi) is 7.08. The Labute approximate surface area is 213 Å². The van der Waals surface area contributed by atoms with Gasteiger partial charge in [-0.2, -0.15) is 0 Å². The summed E-state index contributed by atoms with van der Waals surface area (Å²) in [7, 11) is 5.54. The minimum atomic E-state index is -0.114. The number of likely N-dealkylation sites (tertiary alicyclic amines) is 1. The quantitative estimate of drug-likeness (QED) is 0.363. The molecule has 5 rings (SSSR count). The summed E-state index contributed by atoms with van der Waals surface area (Å²) in [6.45, 7) is 1.72. The van der Waals surface area contributed by atoms with Gasteiger partial charge in [-0.15, -0.1) is 11.3 Å². The molecule has 1 aliphatic heterocycles. The standard InChI is InChI=1S/C26H29N7O2S/c1-28-12-17(11-27)16-8-20-25(22(9-16)35-21-6-7-33(2)13-23(21)34-3)26(30-14-29-20)32-18-4-5-19-24(10-18)36-15-31-19/h4-5,8-12,14-15,21,23H,6-7,13,27H2,1-3H3,(H,29,30,32)/t21-,23-/m1/s1. The van der Waals surface area contributed by atoms with Crippen LogP contribution in [0, 0.1) is 0 Å². The summed E-state index contributed by atoms with van der Waals surface area (Å²) < 4.78 is 13.6. The summed E-state index contributed by atoms with van der Waals surface area (Å²) >= 11 is 1.60. The summed E-state index contributed by atoms with van der Waals surface area (Å²) in [5.41, 5.74) is 12.0. The Morgan fingerprint density at radius 2 is 2.08 bits per heavy atom. The number of hydrogen-bond donors (Lipinski definition) is 2. The van der Waals surface area contributed by atoms with Gasteiger partial charge in [-0.3, -0.25) is 4.99 Å². The van der Waals surface area contributed by atoms with E-state index in [1.165, 1.54) is 6.20 Å². The third-order valence-electron chi connectivity index (χ3n) is 6.36. The summed E-state index contributed by atoms with van der Waals surface area (Å²) in [4.78, 5) is 19.9. The van der Waals surface area contributed by atoms with Crippen molar-refractivity contribution in [2.45, 2.75) is 18.6 Å². The Bertz CT molecular complexity index is 1430. The van der Waals surface area contributed by atoms with E-state index in [0.29, 0.717) is 11.6 Å². The van der Waals surface area contributed by atoms with Crippen molar-refractivity contribution in [2.75, 3.05) is 39.6 Å². The first-order valence-corrected chi connectivity index (χ1v) is 12.6. The lowest BCUT2D eigenvalue weighted by molar-refractivity contribution is -0.0429. The van der Waals surface area contributed by atoms with Gasteiger partial charge in [0.1, 0.15) is 30.1 Å². The van der Waals surface area contributed by atoms with E-state index in [1.54, 1.807) is 38.0 Å². The molecule has 2 atom stereocenters. The molecule has 36 heavy (non-hydrogen) atoms. The number of ether oxygens (including phenoxy) is 2. The van der Waals surface area contributed by atoms with E-state index in [-0.39, 0.29) is 12.2 Å². The van der Waals surface area contributed by atoms with Crippen LogP contribution in [-0.2, 0) is 4.74 Å². The number of nitrogens with zero attached hydrogens (tertiary/aromatic N) is 5. The lowest BCUT2D eigenvalue weighted by Crippen LogP contribution is -2.48. The van der Waals surface area contributed by atoms with Crippen LogP contribution in [0.1, 0.15) is 12.0 Å². The van der Waals surface area contributed by atoms with Gasteiger partial charge in [0.25, 0.3) is 0 Å². The van der Waals surface area contributed by atoms with E-state index in [4.69, 9.17) is 15.2 Å². The van der Waals surface area contributed by atoms with Crippen molar-refractivity contribution in [3.05, 3.63) is 53.9 Å². The molecule has 2 aromatic carbocycles. The number of likely N-dealkylation sites (N-methyl/N-ethyl adjacent to an activating group) is 1. The molecule has 2 aromatic heterocycles. The normalized spacial score (nSPS) is 19.4. The Morgan fingerprint density at radius 1 is 1.19 bits per heavy atom. The van der Waals surface area contributed by atoms with Crippen LogP contribution in [0.4, 0.5) is 11.5 Å². The van der Waals surface area contributed by atoms with Crippen molar-refractivity contribution in [1.82, 2.24) is 19.9 Å². The smallest absolute Gasteiger partial charge is 0.145 e. The van der Waals surface area contributed by atoms with Crippen molar-refractivity contribution in [3.63, 3.8) is 0 Å². The van der Waals surface area contributed by atoms with Crippen LogP contribution in [0.3, 0.4) is 0 Å². The summed E-state index contributed by atoms with van der Waals surface area (Å²) in [6.07, 6.45) is 5.49. The minimum absolute atomic E-state index is 0.0565. The molecule has 1 fully saturated rings. The number of hydrogen-bond acceptors (Lipinski definition) is 10. The molecule has 0 amide bonds.